The van der Waals surface area contributed by atoms with Crippen LogP contribution in [0.3, 0.4) is 0 Å². The van der Waals surface area contributed by atoms with Crippen molar-refractivity contribution in [1.29, 1.82) is 0 Å². The summed E-state index contributed by atoms with van der Waals surface area (Å²) in [6.45, 7) is 1.85. The van der Waals surface area contributed by atoms with E-state index in [9.17, 15) is 24.0 Å². The summed E-state index contributed by atoms with van der Waals surface area (Å²) < 4.78 is 0. The molecule has 46 heavy (non-hydrogen) atoms. The molecule has 0 aliphatic heterocycles. The average molecular weight is 632 g/mol. The average Bonchev–Trinajstić information content (AvgIpc) is 3.47. The first-order valence-electron chi connectivity index (χ1n) is 15.3. The summed E-state index contributed by atoms with van der Waals surface area (Å²) in [6.07, 6.45) is 5.13. The van der Waals surface area contributed by atoms with Crippen molar-refractivity contribution in [3.05, 3.63) is 89.5 Å². The van der Waals surface area contributed by atoms with Gasteiger partial charge in [0.2, 0.25) is 29.9 Å². The third kappa shape index (κ3) is 11.6. The fourth-order valence-corrected chi connectivity index (χ4v) is 4.86. The number of H-pyrrole nitrogens is 1. The quantitative estimate of drug-likeness (QED) is 0.0884. The lowest BCUT2D eigenvalue weighted by Crippen LogP contribution is -2.58. The lowest BCUT2D eigenvalue weighted by atomic mass is 10.0. The van der Waals surface area contributed by atoms with E-state index in [-0.39, 0.29) is 32.2 Å². The van der Waals surface area contributed by atoms with Crippen LogP contribution in [0, 0.1) is 6.92 Å². The van der Waals surface area contributed by atoms with Gasteiger partial charge in [0.1, 0.15) is 18.1 Å². The molecule has 1 aromatic heterocycles. The Bertz CT molecular complexity index is 1420. The molecule has 3 rings (SSSR count). The zero-order valence-electron chi connectivity index (χ0n) is 26.0. The van der Waals surface area contributed by atoms with Crippen LogP contribution in [0.2, 0.25) is 0 Å². The van der Waals surface area contributed by atoms with Gasteiger partial charge < -0.3 is 37.7 Å². The van der Waals surface area contributed by atoms with Crippen molar-refractivity contribution in [1.82, 2.24) is 31.2 Å². The molecule has 3 aromatic rings. The zero-order chi connectivity index (χ0) is 33.3. The summed E-state index contributed by atoms with van der Waals surface area (Å²) in [5.41, 5.74) is 14.1. The molecule has 13 nitrogen and oxygen atoms in total. The molecule has 0 aliphatic carbocycles. The summed E-state index contributed by atoms with van der Waals surface area (Å²) in [5.74, 6) is -2.33. The highest BCUT2D eigenvalue weighted by Gasteiger charge is 2.31. The number of rotatable bonds is 19. The predicted octanol–water partition coefficient (Wildman–Crippen LogP) is -0.117. The van der Waals surface area contributed by atoms with Gasteiger partial charge in [-0.3, -0.25) is 24.0 Å². The number of hydrogen-bond donors (Lipinski definition) is 7. The molecule has 1 radical (unpaired) electrons. The Balaban J connectivity index is 1.80. The van der Waals surface area contributed by atoms with Crippen LogP contribution in [0.25, 0.3) is 0 Å². The molecular weight excluding hydrogens is 588 g/mol. The topological polar surface area (TPSA) is 214 Å². The molecule has 0 unspecified atom stereocenters. The molecule has 4 atom stereocenters. The van der Waals surface area contributed by atoms with Crippen LogP contribution in [-0.2, 0) is 43.2 Å². The van der Waals surface area contributed by atoms with E-state index in [1.807, 2.05) is 66.9 Å². The molecule has 2 aromatic carbocycles. The van der Waals surface area contributed by atoms with Crippen LogP contribution in [-0.4, -0.2) is 77.1 Å². The Kier molecular flexibility index (Phi) is 14.6. The first-order chi connectivity index (χ1) is 22.2. The summed E-state index contributed by atoms with van der Waals surface area (Å²) in [4.78, 5) is 71.9. The smallest absolute Gasteiger partial charge is 0.243 e. The number of unbranched alkanes of at least 4 members (excludes halogenated alkanes) is 1. The number of amides is 4. The molecule has 0 bridgehead atoms. The van der Waals surface area contributed by atoms with Crippen LogP contribution in [0.5, 0.6) is 0 Å². The second-order valence-electron chi connectivity index (χ2n) is 11.0. The van der Waals surface area contributed by atoms with Crippen LogP contribution < -0.4 is 32.7 Å². The number of imidazole rings is 1. The van der Waals surface area contributed by atoms with Crippen molar-refractivity contribution < 1.29 is 24.0 Å². The van der Waals surface area contributed by atoms with Gasteiger partial charge in [-0.2, -0.15) is 0 Å². The van der Waals surface area contributed by atoms with Gasteiger partial charge in [-0.1, -0.05) is 60.7 Å². The maximum Gasteiger partial charge on any atom is 0.243 e. The predicted molar refractivity (Wildman–Crippen MR) is 173 cm³/mol. The lowest BCUT2D eigenvalue weighted by Gasteiger charge is -2.26. The molecule has 0 saturated heterocycles. The highest BCUT2D eigenvalue weighted by atomic mass is 16.2. The number of nitrogens with two attached hydrogens (primary N) is 2. The largest absolute Gasteiger partial charge is 0.348 e. The number of aromatic nitrogens is 2. The summed E-state index contributed by atoms with van der Waals surface area (Å²) in [6, 6.07) is 14.2. The molecule has 13 heteroatoms. The van der Waals surface area contributed by atoms with Crippen molar-refractivity contribution >= 4 is 29.9 Å². The summed E-state index contributed by atoms with van der Waals surface area (Å²) >= 11 is 0. The van der Waals surface area contributed by atoms with E-state index in [2.05, 4.69) is 31.2 Å². The molecule has 245 valence electrons. The zero-order valence-corrected chi connectivity index (χ0v) is 26.0. The minimum Gasteiger partial charge on any atom is -0.348 e. The van der Waals surface area contributed by atoms with E-state index in [0.717, 1.165) is 16.8 Å². The standard InChI is InChI=1S/C33H43N8O5/c1-22-27(37-21-36-22)18-29(39-30(43)19-35)33(46)40-26(14-8-9-15-34)31(44)41-28(17-24-12-6-3-7-13-24)32(45)38-25(20-42)16-23-10-4-2-5-11-23/h2-7,10-13,21,25-26,28-29H,8-9,14-19,34-35H2,1H3,(H,36,37)(H,38,45)(H,39,43)(H,40,46)(H,41,44)/t25-,26-,28-,29-/m0/s1. The van der Waals surface area contributed by atoms with E-state index in [0.29, 0.717) is 25.1 Å². The molecular formula is C33H43N8O5. The van der Waals surface area contributed by atoms with E-state index in [1.165, 1.54) is 6.33 Å². The first-order valence-corrected chi connectivity index (χ1v) is 15.3. The summed E-state index contributed by atoms with van der Waals surface area (Å²) in [5, 5.41) is 10.8. The van der Waals surface area contributed by atoms with Gasteiger partial charge in [-0.25, -0.2) is 4.98 Å². The van der Waals surface area contributed by atoms with Crippen molar-refractivity contribution in [2.24, 2.45) is 11.5 Å². The number of benzene rings is 2. The fraction of sp³-hybridized carbons (Fsp3) is 0.394. The van der Waals surface area contributed by atoms with Crippen molar-refractivity contribution in [3.8, 4) is 0 Å². The fourth-order valence-electron chi connectivity index (χ4n) is 4.86. The van der Waals surface area contributed by atoms with E-state index in [4.69, 9.17) is 11.5 Å². The number of carbonyl (C=O) groups excluding carboxylic acids is 5. The molecule has 0 spiro atoms. The van der Waals surface area contributed by atoms with E-state index < -0.39 is 47.8 Å². The molecule has 4 amide bonds. The Morgan fingerprint density at radius 3 is 1.89 bits per heavy atom. The first kappa shape index (κ1) is 35.6. The number of aromatic amines is 1. The summed E-state index contributed by atoms with van der Waals surface area (Å²) in [7, 11) is 0. The minimum absolute atomic E-state index is 0.0636. The maximum atomic E-state index is 13.8. The number of carbonyl (C=O) groups is 4. The van der Waals surface area contributed by atoms with Crippen LogP contribution >= 0.6 is 0 Å². The number of nitrogens with zero attached hydrogens (tertiary/aromatic N) is 1. The van der Waals surface area contributed by atoms with Gasteiger partial charge in [-0.05, 0) is 43.9 Å². The van der Waals surface area contributed by atoms with E-state index in [1.54, 1.807) is 6.92 Å². The maximum absolute atomic E-state index is 13.8. The van der Waals surface area contributed by atoms with Crippen molar-refractivity contribution in [3.63, 3.8) is 0 Å². The van der Waals surface area contributed by atoms with Crippen LogP contribution in [0.4, 0.5) is 0 Å². The van der Waals surface area contributed by atoms with Gasteiger partial charge in [0.25, 0.3) is 0 Å². The monoisotopic (exact) mass is 631 g/mol. The van der Waals surface area contributed by atoms with Crippen LogP contribution in [0.1, 0.15) is 41.8 Å². The highest BCUT2D eigenvalue weighted by Crippen LogP contribution is 2.10. The van der Waals surface area contributed by atoms with Crippen molar-refractivity contribution in [2.45, 2.75) is 69.6 Å². The minimum atomic E-state index is -1.07. The number of aryl methyl sites for hydroxylation is 1. The van der Waals surface area contributed by atoms with Gasteiger partial charge in [0, 0.05) is 25.0 Å². The van der Waals surface area contributed by atoms with E-state index >= 15 is 0 Å². The third-order valence-corrected chi connectivity index (χ3v) is 7.41. The second kappa shape index (κ2) is 18.8. The highest BCUT2D eigenvalue weighted by molar-refractivity contribution is 5.95. The number of hydrogen-bond acceptors (Lipinski definition) is 8. The second-order valence-corrected chi connectivity index (χ2v) is 11.0. The lowest BCUT2D eigenvalue weighted by molar-refractivity contribution is -0.133. The molecule has 0 aliphatic rings. The molecule has 1 heterocycles. The molecule has 9 N–H and O–H groups in total. The van der Waals surface area contributed by atoms with Crippen molar-refractivity contribution in [2.75, 3.05) is 13.1 Å². The third-order valence-electron chi connectivity index (χ3n) is 7.41. The Labute approximate surface area is 268 Å². The van der Waals surface area contributed by atoms with Gasteiger partial charge >= 0.3 is 0 Å². The van der Waals surface area contributed by atoms with Gasteiger partial charge in [0.15, 0.2) is 0 Å². The Hall–Kier alpha value is -4.88. The molecule has 0 fully saturated rings. The number of nitrogens with one attached hydrogen (secondary N) is 5. The normalized spacial score (nSPS) is 13.5. The Morgan fingerprint density at radius 2 is 1.33 bits per heavy atom. The van der Waals surface area contributed by atoms with Crippen LogP contribution in [0.15, 0.2) is 67.0 Å². The Morgan fingerprint density at radius 1 is 0.761 bits per heavy atom. The SMILES string of the molecule is Cc1[nH]cnc1C[C@H](NC(=O)CN)C(=O)N[C@@H](CCCCN)C(=O)N[C@@H](Cc1ccccc1)C(=O)N[C@H]([C]=O)Cc1ccccc1. The molecule has 0 saturated carbocycles. The van der Waals surface area contributed by atoms with Gasteiger partial charge in [-0.15, -0.1) is 0 Å². The van der Waals surface area contributed by atoms with Gasteiger partial charge in [0.05, 0.1) is 24.6 Å².